The molecule has 0 aromatic heterocycles. The Morgan fingerprint density at radius 1 is 1.46 bits per heavy atom. The minimum Gasteiger partial charge on any atom is -0.328 e. The highest BCUT2D eigenvalue weighted by Gasteiger charge is 2.20. The first-order valence-corrected chi connectivity index (χ1v) is 5.33. The largest absolute Gasteiger partial charge is 0.328 e. The van der Waals surface area contributed by atoms with Crippen LogP contribution in [0.1, 0.15) is 26.7 Å². The highest BCUT2D eigenvalue weighted by atomic mass is 15.1. The highest BCUT2D eigenvalue weighted by Crippen LogP contribution is 2.18. The molecule has 0 amide bonds. The van der Waals surface area contributed by atoms with Crippen molar-refractivity contribution >= 4 is 0 Å². The zero-order chi connectivity index (χ0) is 9.68. The van der Waals surface area contributed by atoms with Crippen molar-refractivity contribution in [2.45, 2.75) is 32.7 Å². The van der Waals surface area contributed by atoms with Crippen molar-refractivity contribution < 1.29 is 0 Å². The van der Waals surface area contributed by atoms with Crippen molar-refractivity contribution in [1.82, 2.24) is 4.90 Å². The van der Waals surface area contributed by atoms with Crippen LogP contribution in [0.2, 0.25) is 0 Å². The van der Waals surface area contributed by atoms with Crippen LogP contribution in [0.5, 0.6) is 0 Å². The van der Waals surface area contributed by atoms with Gasteiger partial charge in [0.05, 0.1) is 0 Å². The van der Waals surface area contributed by atoms with Gasteiger partial charge in [-0.2, -0.15) is 0 Å². The molecule has 1 fully saturated rings. The van der Waals surface area contributed by atoms with Gasteiger partial charge < -0.3 is 5.73 Å². The summed E-state index contributed by atoms with van der Waals surface area (Å²) in [7, 11) is 0. The van der Waals surface area contributed by atoms with Crippen molar-refractivity contribution in [3.63, 3.8) is 0 Å². The smallest absolute Gasteiger partial charge is 0.0163 e. The average molecular weight is 182 g/mol. The molecule has 1 atom stereocenters. The lowest BCUT2D eigenvalue weighted by molar-refractivity contribution is 0.187. The van der Waals surface area contributed by atoms with Crippen LogP contribution in [0.4, 0.5) is 0 Å². The SMILES string of the molecule is C/C=C/CN1CCC(C(C)N)CC1. The summed E-state index contributed by atoms with van der Waals surface area (Å²) in [4.78, 5) is 2.50. The molecule has 2 N–H and O–H groups in total. The van der Waals surface area contributed by atoms with E-state index in [1.807, 2.05) is 0 Å². The Morgan fingerprint density at radius 3 is 2.54 bits per heavy atom. The van der Waals surface area contributed by atoms with Crippen LogP contribution < -0.4 is 5.73 Å². The van der Waals surface area contributed by atoms with E-state index in [-0.39, 0.29) is 0 Å². The number of likely N-dealkylation sites (tertiary alicyclic amines) is 1. The van der Waals surface area contributed by atoms with Crippen LogP contribution in [0, 0.1) is 5.92 Å². The molecular weight excluding hydrogens is 160 g/mol. The number of hydrogen-bond donors (Lipinski definition) is 1. The van der Waals surface area contributed by atoms with Gasteiger partial charge in [-0.15, -0.1) is 0 Å². The monoisotopic (exact) mass is 182 g/mol. The van der Waals surface area contributed by atoms with Crippen molar-refractivity contribution in [3.05, 3.63) is 12.2 Å². The summed E-state index contributed by atoms with van der Waals surface area (Å²) >= 11 is 0. The second kappa shape index (κ2) is 5.40. The molecule has 0 aromatic rings. The van der Waals surface area contributed by atoms with Crippen LogP contribution >= 0.6 is 0 Å². The highest BCUT2D eigenvalue weighted by molar-refractivity contribution is 4.84. The van der Waals surface area contributed by atoms with E-state index in [4.69, 9.17) is 5.73 Å². The molecule has 1 unspecified atom stereocenters. The molecule has 1 saturated heterocycles. The first-order valence-electron chi connectivity index (χ1n) is 5.33. The van der Waals surface area contributed by atoms with Gasteiger partial charge in [0.2, 0.25) is 0 Å². The van der Waals surface area contributed by atoms with Crippen molar-refractivity contribution in [1.29, 1.82) is 0 Å². The number of hydrogen-bond acceptors (Lipinski definition) is 2. The van der Waals surface area contributed by atoms with Gasteiger partial charge in [0.15, 0.2) is 0 Å². The second-order valence-electron chi connectivity index (χ2n) is 4.07. The molecule has 0 spiro atoms. The van der Waals surface area contributed by atoms with E-state index in [0.29, 0.717) is 6.04 Å². The molecule has 0 bridgehead atoms. The molecule has 2 heteroatoms. The van der Waals surface area contributed by atoms with Gasteiger partial charge in [0.25, 0.3) is 0 Å². The molecule has 1 rings (SSSR count). The van der Waals surface area contributed by atoms with E-state index in [1.54, 1.807) is 0 Å². The molecule has 0 saturated carbocycles. The average Bonchev–Trinajstić information content (AvgIpc) is 2.15. The summed E-state index contributed by atoms with van der Waals surface area (Å²) in [5.74, 6) is 0.752. The summed E-state index contributed by atoms with van der Waals surface area (Å²) < 4.78 is 0. The molecule has 76 valence electrons. The predicted molar refractivity (Wildman–Crippen MR) is 57.6 cm³/mol. The molecule has 0 aromatic carbocycles. The van der Waals surface area contributed by atoms with Crippen molar-refractivity contribution in [2.24, 2.45) is 11.7 Å². The maximum Gasteiger partial charge on any atom is 0.0163 e. The topological polar surface area (TPSA) is 29.3 Å². The van der Waals surface area contributed by atoms with E-state index in [9.17, 15) is 0 Å². The van der Waals surface area contributed by atoms with Crippen molar-refractivity contribution in [3.8, 4) is 0 Å². The predicted octanol–water partition coefficient (Wildman–Crippen LogP) is 1.62. The van der Waals surface area contributed by atoms with Crippen LogP contribution in [-0.2, 0) is 0 Å². The normalized spacial score (nSPS) is 23.9. The van der Waals surface area contributed by atoms with E-state index < -0.39 is 0 Å². The summed E-state index contributed by atoms with van der Waals surface area (Å²) in [6.45, 7) is 7.76. The molecule has 13 heavy (non-hydrogen) atoms. The fraction of sp³-hybridized carbons (Fsp3) is 0.818. The quantitative estimate of drug-likeness (QED) is 0.672. The van der Waals surface area contributed by atoms with Gasteiger partial charge in [-0.25, -0.2) is 0 Å². The van der Waals surface area contributed by atoms with E-state index in [2.05, 4.69) is 30.9 Å². The summed E-state index contributed by atoms with van der Waals surface area (Å²) in [6.07, 6.45) is 6.90. The van der Waals surface area contributed by atoms with Crippen LogP contribution in [-0.4, -0.2) is 30.6 Å². The standard InChI is InChI=1S/C11H22N2/c1-3-4-7-13-8-5-11(6-9-13)10(2)12/h3-4,10-11H,5-9,12H2,1-2H3/b4-3+. The van der Waals surface area contributed by atoms with Gasteiger partial charge in [-0.05, 0) is 45.7 Å². The molecule has 2 nitrogen and oxygen atoms in total. The maximum atomic E-state index is 5.88. The molecule has 1 heterocycles. The van der Waals surface area contributed by atoms with E-state index >= 15 is 0 Å². The fourth-order valence-corrected chi connectivity index (χ4v) is 1.92. The zero-order valence-corrected chi connectivity index (χ0v) is 8.87. The third kappa shape index (κ3) is 3.49. The summed E-state index contributed by atoms with van der Waals surface area (Å²) in [6, 6.07) is 0.379. The van der Waals surface area contributed by atoms with Crippen LogP contribution in [0.3, 0.4) is 0 Å². The summed E-state index contributed by atoms with van der Waals surface area (Å²) in [5, 5.41) is 0. The van der Waals surface area contributed by atoms with E-state index in [1.165, 1.54) is 25.9 Å². The minimum atomic E-state index is 0.379. The third-order valence-electron chi connectivity index (χ3n) is 2.98. The third-order valence-corrected chi connectivity index (χ3v) is 2.98. The number of nitrogens with two attached hydrogens (primary N) is 1. The minimum absolute atomic E-state index is 0.379. The first-order chi connectivity index (χ1) is 6.24. The number of piperidine rings is 1. The second-order valence-corrected chi connectivity index (χ2v) is 4.07. The van der Waals surface area contributed by atoms with Gasteiger partial charge in [-0.1, -0.05) is 12.2 Å². The van der Waals surface area contributed by atoms with Gasteiger partial charge in [0.1, 0.15) is 0 Å². The Labute approximate surface area is 81.8 Å². The van der Waals surface area contributed by atoms with Crippen molar-refractivity contribution in [2.75, 3.05) is 19.6 Å². The zero-order valence-electron chi connectivity index (χ0n) is 8.87. The molecular formula is C11H22N2. The first kappa shape index (κ1) is 10.7. The number of nitrogens with zero attached hydrogens (tertiary/aromatic N) is 1. The Hall–Kier alpha value is -0.340. The fourth-order valence-electron chi connectivity index (χ4n) is 1.92. The van der Waals surface area contributed by atoms with E-state index in [0.717, 1.165) is 12.5 Å². The molecule has 1 aliphatic heterocycles. The maximum absolute atomic E-state index is 5.88. The van der Waals surface area contributed by atoms with Crippen LogP contribution in [0.25, 0.3) is 0 Å². The number of rotatable bonds is 3. The summed E-state index contributed by atoms with van der Waals surface area (Å²) in [5.41, 5.74) is 5.88. The molecule has 1 aliphatic rings. The molecule has 0 aliphatic carbocycles. The Kier molecular flexibility index (Phi) is 4.46. The van der Waals surface area contributed by atoms with Gasteiger partial charge >= 0.3 is 0 Å². The van der Waals surface area contributed by atoms with Crippen LogP contribution in [0.15, 0.2) is 12.2 Å². The lowest BCUT2D eigenvalue weighted by Gasteiger charge is -2.32. The molecule has 0 radical (unpaired) electrons. The Balaban J connectivity index is 2.22. The van der Waals surface area contributed by atoms with Gasteiger partial charge in [-0.3, -0.25) is 4.90 Å². The number of allylic oxidation sites excluding steroid dienone is 1. The Bertz CT molecular complexity index is 155. The van der Waals surface area contributed by atoms with Gasteiger partial charge in [0, 0.05) is 12.6 Å². The Morgan fingerprint density at radius 2 is 2.08 bits per heavy atom. The lowest BCUT2D eigenvalue weighted by atomic mass is 9.91. The lowest BCUT2D eigenvalue weighted by Crippen LogP contribution is -2.39.